The fourth-order valence-electron chi connectivity index (χ4n) is 2.32. The maximum atomic E-state index is 12.2. The van der Waals surface area contributed by atoms with Gasteiger partial charge in [-0.2, -0.15) is 5.26 Å². The number of nitriles is 1. The zero-order chi connectivity index (χ0) is 18.3. The van der Waals surface area contributed by atoms with Gasteiger partial charge < -0.3 is 14.7 Å². The molecule has 2 N–H and O–H groups in total. The van der Waals surface area contributed by atoms with E-state index in [9.17, 15) is 13.7 Å². The van der Waals surface area contributed by atoms with Crippen LogP contribution in [0.5, 0.6) is 0 Å². The van der Waals surface area contributed by atoms with Crippen molar-refractivity contribution in [1.29, 1.82) is 5.26 Å². The Bertz CT molecular complexity index is 732. The van der Waals surface area contributed by atoms with Crippen LogP contribution in [0.15, 0.2) is 29.2 Å². The summed E-state index contributed by atoms with van der Waals surface area (Å²) in [5.74, 6) is -0.220. The first-order valence-corrected chi connectivity index (χ1v) is 9.59. The van der Waals surface area contributed by atoms with Gasteiger partial charge in [0.05, 0.1) is 13.2 Å². The van der Waals surface area contributed by atoms with E-state index in [-0.39, 0.29) is 24.0 Å². The largest absolute Gasteiger partial charge is 0.396 e. The smallest absolute Gasteiger partial charge is 0.250 e. The summed E-state index contributed by atoms with van der Waals surface area (Å²) in [6, 6.07) is 9.11. The highest BCUT2D eigenvalue weighted by Gasteiger charge is 2.18. The Morgan fingerprint density at radius 3 is 2.60 bits per heavy atom. The number of sulfonamides is 1. The monoisotopic (exact) mass is 365 g/mol. The van der Waals surface area contributed by atoms with Crippen LogP contribution in [-0.4, -0.2) is 53.0 Å². The number of allylic oxidation sites excluding steroid dienone is 1. The minimum Gasteiger partial charge on any atom is -0.396 e. The minimum absolute atomic E-state index is 0.0772. The molecule has 1 fully saturated rings. The Balaban J connectivity index is 2.12. The number of hydrogen-bond donors (Lipinski definition) is 2. The third kappa shape index (κ3) is 5.54. The molecule has 25 heavy (non-hydrogen) atoms. The van der Waals surface area contributed by atoms with Crippen molar-refractivity contribution in [3.8, 4) is 6.07 Å². The van der Waals surface area contributed by atoms with E-state index >= 15 is 0 Å². The third-order valence-electron chi connectivity index (χ3n) is 3.90. The molecule has 1 saturated heterocycles. The maximum Gasteiger partial charge on any atom is 0.250 e. The molecule has 1 aliphatic rings. The molecule has 0 bridgehead atoms. The molecule has 1 aromatic rings. The fourth-order valence-corrected chi connectivity index (χ4v) is 3.39. The van der Waals surface area contributed by atoms with E-state index in [4.69, 9.17) is 9.84 Å². The van der Waals surface area contributed by atoms with Crippen LogP contribution in [0.25, 0.3) is 6.08 Å². The quantitative estimate of drug-likeness (QED) is 0.697. The predicted octanol–water partition coefficient (Wildman–Crippen LogP) is 0.935. The van der Waals surface area contributed by atoms with Gasteiger partial charge in [0.1, 0.15) is 6.07 Å². The summed E-state index contributed by atoms with van der Waals surface area (Å²) in [5.41, 5.74) is 1.67. The SMILES string of the molecule is CC(CO)CNS(=O)(=O)/C(C#N)=C/c1ccc(N2CCOCC2)cc1. The number of morpholine rings is 1. The van der Waals surface area contributed by atoms with Gasteiger partial charge in [0.25, 0.3) is 10.0 Å². The Morgan fingerprint density at radius 1 is 1.40 bits per heavy atom. The minimum atomic E-state index is -3.89. The zero-order valence-corrected chi connectivity index (χ0v) is 15.0. The molecule has 1 atom stereocenters. The van der Waals surface area contributed by atoms with Crippen LogP contribution < -0.4 is 9.62 Å². The van der Waals surface area contributed by atoms with Gasteiger partial charge in [-0.15, -0.1) is 0 Å². The van der Waals surface area contributed by atoms with Gasteiger partial charge in [0, 0.05) is 31.9 Å². The molecule has 2 rings (SSSR count). The summed E-state index contributed by atoms with van der Waals surface area (Å²) in [6.45, 7) is 4.68. The van der Waals surface area contributed by atoms with Crippen LogP contribution in [0, 0.1) is 17.2 Å². The molecule has 1 aromatic carbocycles. The van der Waals surface area contributed by atoms with Gasteiger partial charge in [0.15, 0.2) is 4.91 Å². The number of hydrogen-bond acceptors (Lipinski definition) is 6. The van der Waals surface area contributed by atoms with Crippen LogP contribution in [0.1, 0.15) is 12.5 Å². The van der Waals surface area contributed by atoms with Crippen molar-refractivity contribution >= 4 is 21.8 Å². The number of nitrogens with one attached hydrogen (secondary N) is 1. The Morgan fingerprint density at radius 2 is 2.04 bits per heavy atom. The molecule has 1 unspecified atom stereocenters. The van der Waals surface area contributed by atoms with Crippen LogP contribution in [0.4, 0.5) is 5.69 Å². The molecule has 8 heteroatoms. The zero-order valence-electron chi connectivity index (χ0n) is 14.2. The second-order valence-electron chi connectivity index (χ2n) is 5.95. The van der Waals surface area contributed by atoms with E-state index in [1.165, 1.54) is 6.08 Å². The Labute approximate surface area is 148 Å². The summed E-state index contributed by atoms with van der Waals surface area (Å²) < 4.78 is 32.1. The lowest BCUT2D eigenvalue weighted by atomic mass is 10.2. The lowest BCUT2D eigenvalue weighted by Gasteiger charge is -2.28. The standard InChI is InChI=1S/C17H23N3O4S/c1-14(13-21)12-19-25(22,23)17(11-18)10-15-2-4-16(5-3-15)20-6-8-24-9-7-20/h2-5,10,14,19,21H,6-9,12-13H2,1H3/b17-10+. The molecule has 0 aliphatic carbocycles. The van der Waals surface area contributed by atoms with E-state index in [1.54, 1.807) is 25.1 Å². The van der Waals surface area contributed by atoms with Crippen LogP contribution in [0.3, 0.4) is 0 Å². The molecule has 0 spiro atoms. The lowest BCUT2D eigenvalue weighted by Crippen LogP contribution is -2.36. The second-order valence-corrected chi connectivity index (χ2v) is 7.69. The molecule has 136 valence electrons. The van der Waals surface area contributed by atoms with Crippen molar-refractivity contribution in [1.82, 2.24) is 4.72 Å². The first-order chi connectivity index (χ1) is 12.0. The summed E-state index contributed by atoms with van der Waals surface area (Å²) >= 11 is 0. The van der Waals surface area contributed by atoms with Gasteiger partial charge in [-0.05, 0) is 29.7 Å². The topological polar surface area (TPSA) is 103 Å². The molecule has 1 aliphatic heterocycles. The molecule has 0 radical (unpaired) electrons. The molecular formula is C17H23N3O4S. The maximum absolute atomic E-state index is 12.2. The number of aliphatic hydroxyl groups is 1. The van der Waals surface area contributed by atoms with Gasteiger partial charge in [0.2, 0.25) is 0 Å². The van der Waals surface area contributed by atoms with E-state index < -0.39 is 10.0 Å². The highest BCUT2D eigenvalue weighted by molar-refractivity contribution is 7.93. The summed E-state index contributed by atoms with van der Waals surface area (Å²) in [6.07, 6.45) is 1.34. The van der Waals surface area contributed by atoms with E-state index in [0.29, 0.717) is 18.8 Å². The van der Waals surface area contributed by atoms with Crippen molar-refractivity contribution in [2.24, 2.45) is 5.92 Å². The van der Waals surface area contributed by atoms with Crippen LogP contribution in [0.2, 0.25) is 0 Å². The number of ether oxygens (including phenoxy) is 1. The number of anilines is 1. The Hall–Kier alpha value is -1.92. The summed E-state index contributed by atoms with van der Waals surface area (Å²) in [4.78, 5) is 1.84. The third-order valence-corrected chi connectivity index (χ3v) is 5.24. The van der Waals surface area contributed by atoms with Crippen molar-refractivity contribution < 1.29 is 18.3 Å². The summed E-state index contributed by atoms with van der Waals surface area (Å²) in [7, 11) is -3.89. The molecule has 1 heterocycles. The van der Waals surface area contributed by atoms with Gasteiger partial charge >= 0.3 is 0 Å². The lowest BCUT2D eigenvalue weighted by molar-refractivity contribution is 0.122. The average molecular weight is 365 g/mol. The molecular weight excluding hydrogens is 342 g/mol. The first kappa shape index (κ1) is 19.4. The van der Waals surface area contributed by atoms with Crippen molar-refractivity contribution in [2.45, 2.75) is 6.92 Å². The second kappa shape index (κ2) is 8.97. The van der Waals surface area contributed by atoms with E-state index in [0.717, 1.165) is 18.8 Å². The van der Waals surface area contributed by atoms with Crippen molar-refractivity contribution in [3.63, 3.8) is 0 Å². The molecule has 0 aromatic heterocycles. The Kier molecular flexibility index (Phi) is 6.96. The molecule has 0 saturated carbocycles. The number of rotatable bonds is 7. The van der Waals surface area contributed by atoms with E-state index in [1.807, 2.05) is 12.1 Å². The number of aliphatic hydroxyl groups excluding tert-OH is 1. The first-order valence-electron chi connectivity index (χ1n) is 8.11. The summed E-state index contributed by atoms with van der Waals surface area (Å²) in [5, 5.41) is 18.2. The molecule has 0 amide bonds. The van der Waals surface area contributed by atoms with Gasteiger partial charge in [-0.1, -0.05) is 19.1 Å². The normalized spacial score (nSPS) is 17.2. The van der Waals surface area contributed by atoms with Crippen LogP contribution >= 0.6 is 0 Å². The average Bonchev–Trinajstić information content (AvgIpc) is 2.65. The van der Waals surface area contributed by atoms with Crippen molar-refractivity contribution in [3.05, 3.63) is 34.7 Å². The predicted molar refractivity (Wildman–Crippen MR) is 96.2 cm³/mol. The number of benzene rings is 1. The van der Waals surface area contributed by atoms with Gasteiger partial charge in [-0.25, -0.2) is 13.1 Å². The van der Waals surface area contributed by atoms with Crippen LogP contribution in [-0.2, 0) is 14.8 Å². The number of nitrogens with zero attached hydrogens (tertiary/aromatic N) is 2. The fraction of sp³-hybridized carbons (Fsp3) is 0.471. The molecule has 7 nitrogen and oxygen atoms in total. The highest BCUT2D eigenvalue weighted by Crippen LogP contribution is 2.19. The highest BCUT2D eigenvalue weighted by atomic mass is 32.2. The van der Waals surface area contributed by atoms with E-state index in [2.05, 4.69) is 9.62 Å². The van der Waals surface area contributed by atoms with Gasteiger partial charge in [-0.3, -0.25) is 0 Å². The van der Waals surface area contributed by atoms with Crippen molar-refractivity contribution in [2.75, 3.05) is 44.4 Å².